The van der Waals surface area contributed by atoms with Gasteiger partial charge in [-0.25, -0.2) is 0 Å². The summed E-state index contributed by atoms with van der Waals surface area (Å²) >= 11 is 12.1. The number of nitrogen functional groups attached to an aromatic ring is 1. The molecule has 0 bridgehead atoms. The van der Waals surface area contributed by atoms with Gasteiger partial charge in [-0.15, -0.1) is 23.4 Å². The highest BCUT2D eigenvalue weighted by molar-refractivity contribution is 6.43. The van der Waals surface area contributed by atoms with Gasteiger partial charge in [0.1, 0.15) is 5.69 Å². The van der Waals surface area contributed by atoms with Crippen molar-refractivity contribution in [3.8, 4) is 11.3 Å². The van der Waals surface area contributed by atoms with Crippen molar-refractivity contribution in [3.63, 3.8) is 0 Å². The van der Waals surface area contributed by atoms with Crippen LogP contribution in [0.5, 0.6) is 0 Å². The molecule has 0 saturated heterocycles. The topological polar surface area (TPSA) is 125 Å². The molecule has 0 aliphatic heterocycles. The van der Waals surface area contributed by atoms with Gasteiger partial charge in [-0.05, 0) is 6.07 Å². The summed E-state index contributed by atoms with van der Waals surface area (Å²) in [5.41, 5.74) is 6.67. The lowest BCUT2D eigenvalue weighted by atomic mass is 10.1. The Morgan fingerprint density at radius 2 is 1.81 bits per heavy atom. The van der Waals surface area contributed by atoms with Gasteiger partial charge in [0.2, 0.25) is 5.95 Å². The minimum absolute atomic E-state index is 0.0403. The van der Waals surface area contributed by atoms with Crippen LogP contribution in [0.3, 0.4) is 0 Å². The monoisotopic (exact) mass is 485 g/mol. The van der Waals surface area contributed by atoms with Crippen molar-refractivity contribution in [2.24, 2.45) is 0 Å². The molecule has 1 atom stereocenters. The number of hydrogen-bond donors (Lipinski definition) is 3. The molecule has 0 aliphatic rings. The number of anilines is 2. The second-order valence-corrected chi connectivity index (χ2v) is 6.77. The van der Waals surface area contributed by atoms with Gasteiger partial charge in [0, 0.05) is 12.1 Å². The maximum Gasteiger partial charge on any atom is 0.522 e. The van der Waals surface area contributed by atoms with Crippen LogP contribution in [0.1, 0.15) is 0 Å². The van der Waals surface area contributed by atoms with Crippen LogP contribution in [0, 0.1) is 0 Å². The Hall–Kier alpha value is -1.96. The van der Waals surface area contributed by atoms with Crippen LogP contribution >= 0.6 is 23.2 Å². The summed E-state index contributed by atoms with van der Waals surface area (Å²) in [5.74, 6) is 0.158. The zero-order chi connectivity index (χ0) is 22.9. The lowest BCUT2D eigenvalue weighted by Crippen LogP contribution is -2.26. The molecule has 0 radical (unpaired) electrons. The number of halogens is 5. The number of aromatic nitrogens is 3. The molecule has 14 heteroatoms. The Bertz CT molecular complexity index is 848. The van der Waals surface area contributed by atoms with Gasteiger partial charge >= 0.3 is 6.36 Å². The average Bonchev–Trinajstić information content (AvgIpc) is 2.70. The first-order chi connectivity index (χ1) is 14.7. The minimum Gasteiger partial charge on any atom is -0.389 e. The Kier molecular flexibility index (Phi) is 9.93. The fourth-order valence-electron chi connectivity index (χ4n) is 2.22. The van der Waals surface area contributed by atoms with Gasteiger partial charge in [0.15, 0.2) is 5.82 Å². The summed E-state index contributed by atoms with van der Waals surface area (Å²) in [7, 11) is 0. The molecule has 0 aliphatic carbocycles. The zero-order valence-electron chi connectivity index (χ0n) is 16.0. The number of nitrogens with two attached hydrogens (primary N) is 1. The maximum absolute atomic E-state index is 11.8. The van der Waals surface area contributed by atoms with Crippen molar-refractivity contribution in [2.75, 3.05) is 50.6 Å². The van der Waals surface area contributed by atoms with Crippen LogP contribution in [0.25, 0.3) is 11.3 Å². The van der Waals surface area contributed by atoms with Crippen molar-refractivity contribution < 1.29 is 32.5 Å². The average molecular weight is 486 g/mol. The zero-order valence-corrected chi connectivity index (χ0v) is 17.5. The first-order valence-electron chi connectivity index (χ1n) is 8.90. The van der Waals surface area contributed by atoms with Crippen LogP contribution in [0.15, 0.2) is 18.2 Å². The summed E-state index contributed by atoms with van der Waals surface area (Å²) in [6.07, 6.45) is -5.59. The summed E-state index contributed by atoms with van der Waals surface area (Å²) < 4.78 is 48.9. The summed E-state index contributed by atoms with van der Waals surface area (Å²) in [6, 6.07) is 4.99. The van der Waals surface area contributed by atoms with Gasteiger partial charge in [0.05, 0.1) is 49.2 Å². The van der Waals surface area contributed by atoms with Crippen molar-refractivity contribution in [1.29, 1.82) is 0 Å². The van der Waals surface area contributed by atoms with Gasteiger partial charge in [-0.1, -0.05) is 35.3 Å². The lowest BCUT2D eigenvalue weighted by Gasteiger charge is -2.13. The van der Waals surface area contributed by atoms with Crippen LogP contribution in [0.4, 0.5) is 24.9 Å². The number of hydrogen-bond acceptors (Lipinski definition) is 9. The van der Waals surface area contributed by atoms with Gasteiger partial charge in [-0.3, -0.25) is 4.74 Å². The maximum atomic E-state index is 11.8. The van der Waals surface area contributed by atoms with E-state index in [2.05, 4.69) is 25.2 Å². The van der Waals surface area contributed by atoms with Crippen molar-refractivity contribution in [1.82, 2.24) is 15.2 Å². The molecule has 1 unspecified atom stereocenters. The van der Waals surface area contributed by atoms with Gasteiger partial charge in [-0.2, -0.15) is 4.98 Å². The summed E-state index contributed by atoms with van der Waals surface area (Å²) in [4.78, 5) is 4.08. The third-order valence-electron chi connectivity index (χ3n) is 3.59. The van der Waals surface area contributed by atoms with Crippen LogP contribution in [0.2, 0.25) is 10.0 Å². The van der Waals surface area contributed by atoms with Crippen molar-refractivity contribution in [2.45, 2.75) is 12.5 Å². The molecule has 9 nitrogen and oxygen atoms in total. The normalized spacial score (nSPS) is 12.7. The molecule has 0 amide bonds. The molecule has 0 saturated carbocycles. The Balaban J connectivity index is 1.68. The third kappa shape index (κ3) is 8.97. The molecule has 2 rings (SSSR count). The van der Waals surface area contributed by atoms with E-state index in [0.717, 1.165) is 0 Å². The van der Waals surface area contributed by atoms with Gasteiger partial charge < -0.3 is 25.6 Å². The SMILES string of the molecule is Nc1nc(NCC(O)COCCOCCOC(F)(F)F)nnc1-c1cccc(Cl)c1Cl. The Morgan fingerprint density at radius 1 is 1.10 bits per heavy atom. The molecular weight excluding hydrogens is 466 g/mol. The Labute approximate surface area is 185 Å². The first kappa shape index (κ1) is 25.3. The highest BCUT2D eigenvalue weighted by Gasteiger charge is 2.28. The Morgan fingerprint density at radius 3 is 2.52 bits per heavy atom. The molecule has 0 fully saturated rings. The number of nitrogens with one attached hydrogen (secondary N) is 1. The van der Waals surface area contributed by atoms with E-state index in [0.29, 0.717) is 10.6 Å². The molecular formula is C17H20Cl2F3N5O4. The predicted molar refractivity (Wildman–Crippen MR) is 108 cm³/mol. The number of aliphatic hydroxyl groups excluding tert-OH is 1. The highest BCUT2D eigenvalue weighted by atomic mass is 35.5. The van der Waals surface area contributed by atoms with E-state index in [1.165, 1.54) is 0 Å². The number of nitrogens with zero attached hydrogens (tertiary/aromatic N) is 3. The summed E-state index contributed by atoms with van der Waals surface area (Å²) in [6.45, 7) is -0.695. The molecule has 1 aromatic carbocycles. The van der Waals surface area contributed by atoms with E-state index < -0.39 is 19.1 Å². The number of alkyl halides is 3. The number of ether oxygens (including phenoxy) is 3. The van der Waals surface area contributed by atoms with E-state index in [4.69, 9.17) is 38.4 Å². The second-order valence-electron chi connectivity index (χ2n) is 5.99. The van der Waals surface area contributed by atoms with E-state index >= 15 is 0 Å². The number of benzene rings is 1. The minimum atomic E-state index is -4.68. The fourth-order valence-corrected chi connectivity index (χ4v) is 2.61. The smallest absolute Gasteiger partial charge is 0.389 e. The molecule has 0 spiro atoms. The molecule has 1 aromatic heterocycles. The second kappa shape index (κ2) is 12.2. The third-order valence-corrected chi connectivity index (χ3v) is 4.41. The van der Waals surface area contributed by atoms with E-state index in [-0.39, 0.29) is 55.5 Å². The van der Waals surface area contributed by atoms with Crippen LogP contribution in [-0.4, -0.2) is 72.3 Å². The van der Waals surface area contributed by atoms with E-state index in [1.54, 1.807) is 18.2 Å². The highest BCUT2D eigenvalue weighted by Crippen LogP contribution is 2.34. The molecule has 172 valence electrons. The van der Waals surface area contributed by atoms with Crippen LogP contribution < -0.4 is 11.1 Å². The van der Waals surface area contributed by atoms with E-state index in [1.807, 2.05) is 0 Å². The van der Waals surface area contributed by atoms with Crippen molar-refractivity contribution >= 4 is 35.0 Å². The van der Waals surface area contributed by atoms with Gasteiger partial charge in [0.25, 0.3) is 0 Å². The first-order valence-corrected chi connectivity index (χ1v) is 9.65. The quantitative estimate of drug-likeness (QED) is 0.389. The fraction of sp³-hybridized carbons (Fsp3) is 0.471. The number of rotatable bonds is 12. The number of aliphatic hydroxyl groups is 1. The molecule has 1 heterocycles. The molecule has 4 N–H and O–H groups in total. The lowest BCUT2D eigenvalue weighted by molar-refractivity contribution is -0.327. The molecule has 2 aromatic rings. The molecule has 31 heavy (non-hydrogen) atoms. The summed E-state index contributed by atoms with van der Waals surface area (Å²) in [5, 5.41) is 21.2. The van der Waals surface area contributed by atoms with E-state index in [9.17, 15) is 18.3 Å². The van der Waals surface area contributed by atoms with Crippen LogP contribution in [-0.2, 0) is 14.2 Å². The predicted octanol–water partition coefficient (Wildman–Crippen LogP) is 2.77. The van der Waals surface area contributed by atoms with Crippen molar-refractivity contribution in [3.05, 3.63) is 28.2 Å². The standard InChI is InChI=1S/C17H20Cl2F3N5O4/c18-12-3-1-2-11(13(12)19)14-15(23)25-16(27-26-14)24-8-10(28)9-30-5-4-29-6-7-31-17(20,21)22/h1-3,10,28H,4-9H2,(H3,23,24,25,27). The largest absolute Gasteiger partial charge is 0.522 e.